The van der Waals surface area contributed by atoms with Gasteiger partial charge < -0.3 is 5.73 Å². The molecule has 2 N–H and O–H groups in total. The summed E-state index contributed by atoms with van der Waals surface area (Å²) in [7, 11) is -3.59. The average molecular weight is 316 g/mol. The molecule has 0 unspecified atom stereocenters. The molecule has 0 atom stereocenters. The molecule has 100 valence electrons. The van der Waals surface area contributed by atoms with E-state index in [2.05, 4.69) is 0 Å². The Morgan fingerprint density at radius 2 is 1.68 bits per heavy atom. The Hall–Kier alpha value is -1.23. The van der Waals surface area contributed by atoms with E-state index >= 15 is 0 Å². The van der Waals surface area contributed by atoms with Gasteiger partial charge in [0.05, 0.1) is 15.7 Å². The fourth-order valence-electron chi connectivity index (χ4n) is 1.66. The lowest BCUT2D eigenvalue weighted by Gasteiger charge is -2.08. The molecule has 0 bridgehead atoms. The van der Waals surface area contributed by atoms with Gasteiger partial charge in [-0.15, -0.1) is 0 Å². The Labute approximate surface area is 121 Å². The molecular weight excluding hydrogens is 305 g/mol. The van der Waals surface area contributed by atoms with E-state index in [1.807, 2.05) is 0 Å². The van der Waals surface area contributed by atoms with Crippen molar-refractivity contribution in [1.82, 2.24) is 0 Å². The van der Waals surface area contributed by atoms with E-state index in [0.29, 0.717) is 16.3 Å². The maximum Gasteiger partial charge on any atom is 0.184 e. The van der Waals surface area contributed by atoms with Gasteiger partial charge in [-0.3, -0.25) is 0 Å². The Kier molecular flexibility index (Phi) is 4.04. The van der Waals surface area contributed by atoms with E-state index in [-0.39, 0.29) is 15.7 Å². The summed E-state index contributed by atoms with van der Waals surface area (Å²) in [5.41, 5.74) is 6.48. The van der Waals surface area contributed by atoms with Gasteiger partial charge in [-0.1, -0.05) is 41.4 Å². The van der Waals surface area contributed by atoms with Crippen molar-refractivity contribution >= 4 is 38.7 Å². The molecule has 3 nitrogen and oxygen atoms in total. The Morgan fingerprint density at radius 1 is 1.00 bits per heavy atom. The fraction of sp³-hybridized carbons (Fsp3) is 0.0769. The maximum absolute atomic E-state index is 12.3. The van der Waals surface area contributed by atoms with Gasteiger partial charge in [0.1, 0.15) is 0 Å². The summed E-state index contributed by atoms with van der Waals surface area (Å²) in [5, 5.41) is 0.562. The molecule has 0 aliphatic heterocycles. The number of hydrogen-bond donors (Lipinski definition) is 1. The van der Waals surface area contributed by atoms with Crippen LogP contribution in [0.5, 0.6) is 0 Å². The first-order valence-electron chi connectivity index (χ1n) is 5.41. The van der Waals surface area contributed by atoms with E-state index in [1.54, 1.807) is 30.3 Å². The zero-order chi connectivity index (χ0) is 14.0. The molecule has 0 aromatic heterocycles. The molecule has 0 amide bonds. The van der Waals surface area contributed by atoms with Crippen molar-refractivity contribution in [2.75, 3.05) is 5.73 Å². The van der Waals surface area contributed by atoms with Crippen LogP contribution in [0.3, 0.4) is 0 Å². The summed E-state index contributed by atoms with van der Waals surface area (Å²) in [6.45, 7) is 0. The molecule has 0 aliphatic rings. The van der Waals surface area contributed by atoms with Crippen LogP contribution in [0.1, 0.15) is 5.56 Å². The predicted octanol–water partition coefficient (Wildman–Crippen LogP) is 3.55. The Morgan fingerprint density at radius 3 is 2.37 bits per heavy atom. The van der Waals surface area contributed by atoms with Crippen LogP contribution >= 0.6 is 23.2 Å². The minimum absolute atomic E-state index is 0.0223. The largest absolute Gasteiger partial charge is 0.399 e. The zero-order valence-electron chi connectivity index (χ0n) is 9.81. The Balaban J connectivity index is 2.44. The van der Waals surface area contributed by atoms with Gasteiger partial charge >= 0.3 is 0 Å². The molecular formula is C13H11Cl2NO2S. The highest BCUT2D eigenvalue weighted by molar-refractivity contribution is 7.90. The van der Waals surface area contributed by atoms with Gasteiger partial charge in [0, 0.05) is 10.7 Å². The van der Waals surface area contributed by atoms with E-state index in [1.165, 1.54) is 12.1 Å². The van der Waals surface area contributed by atoms with Crippen molar-refractivity contribution in [2.45, 2.75) is 10.6 Å². The Bertz CT molecular complexity index is 714. The van der Waals surface area contributed by atoms with E-state index in [9.17, 15) is 8.42 Å². The molecule has 0 spiro atoms. The van der Waals surface area contributed by atoms with Crippen LogP contribution in [0.25, 0.3) is 0 Å². The standard InChI is InChI=1S/C13H11Cl2NO2S/c14-11-4-2-1-3-9(11)8-19(17,18)13-7-10(16)5-6-12(13)15/h1-7H,8,16H2. The third-order valence-corrected chi connectivity index (χ3v) is 5.10. The minimum Gasteiger partial charge on any atom is -0.399 e. The van der Waals surface area contributed by atoms with Crippen LogP contribution in [-0.2, 0) is 15.6 Å². The molecule has 6 heteroatoms. The summed E-state index contributed by atoms with van der Waals surface area (Å²) in [5.74, 6) is -0.212. The second-order valence-corrected chi connectivity index (χ2v) is 6.81. The van der Waals surface area contributed by atoms with Crippen LogP contribution in [0.4, 0.5) is 5.69 Å². The van der Waals surface area contributed by atoms with Gasteiger partial charge in [-0.05, 0) is 29.8 Å². The lowest BCUT2D eigenvalue weighted by atomic mass is 10.2. The molecule has 2 aromatic rings. The maximum atomic E-state index is 12.3. The summed E-state index contributed by atoms with van der Waals surface area (Å²) in [6.07, 6.45) is 0. The van der Waals surface area contributed by atoms with Crippen molar-refractivity contribution in [1.29, 1.82) is 0 Å². The number of benzene rings is 2. The molecule has 0 aliphatic carbocycles. The zero-order valence-corrected chi connectivity index (χ0v) is 12.1. The summed E-state index contributed by atoms with van der Waals surface area (Å²) in [4.78, 5) is 0.0223. The monoisotopic (exact) mass is 315 g/mol. The topological polar surface area (TPSA) is 60.2 Å². The molecule has 2 rings (SSSR count). The van der Waals surface area contributed by atoms with Gasteiger partial charge in [0.25, 0.3) is 0 Å². The highest BCUT2D eigenvalue weighted by Gasteiger charge is 2.20. The first-order valence-corrected chi connectivity index (χ1v) is 7.82. The van der Waals surface area contributed by atoms with E-state index in [4.69, 9.17) is 28.9 Å². The van der Waals surface area contributed by atoms with Crippen LogP contribution < -0.4 is 5.73 Å². The molecule has 0 heterocycles. The molecule has 0 saturated heterocycles. The fourth-order valence-corrected chi connectivity index (χ4v) is 3.91. The lowest BCUT2D eigenvalue weighted by molar-refractivity contribution is 0.595. The van der Waals surface area contributed by atoms with Crippen molar-refractivity contribution in [3.05, 3.63) is 58.1 Å². The molecule has 0 fully saturated rings. The van der Waals surface area contributed by atoms with Gasteiger partial charge in [0.2, 0.25) is 0 Å². The van der Waals surface area contributed by atoms with E-state index in [0.717, 1.165) is 0 Å². The normalized spacial score (nSPS) is 11.5. The summed E-state index contributed by atoms with van der Waals surface area (Å²) >= 11 is 11.9. The number of halogens is 2. The number of anilines is 1. The highest BCUT2D eigenvalue weighted by Crippen LogP contribution is 2.28. The number of rotatable bonds is 3. The van der Waals surface area contributed by atoms with Gasteiger partial charge in [0.15, 0.2) is 9.84 Å². The first-order chi connectivity index (χ1) is 8.90. The quantitative estimate of drug-likeness (QED) is 0.881. The van der Waals surface area contributed by atoms with Gasteiger partial charge in [-0.2, -0.15) is 0 Å². The molecule has 0 saturated carbocycles. The van der Waals surface area contributed by atoms with Crippen molar-refractivity contribution in [2.24, 2.45) is 0 Å². The summed E-state index contributed by atoms with van der Waals surface area (Å²) in [6, 6.07) is 11.2. The summed E-state index contributed by atoms with van der Waals surface area (Å²) < 4.78 is 24.7. The highest BCUT2D eigenvalue weighted by atomic mass is 35.5. The number of sulfone groups is 1. The average Bonchev–Trinajstić information content (AvgIpc) is 2.35. The molecule has 2 aromatic carbocycles. The van der Waals surface area contributed by atoms with Crippen LogP contribution in [0.15, 0.2) is 47.4 Å². The SMILES string of the molecule is Nc1ccc(Cl)c(S(=O)(=O)Cc2ccccc2Cl)c1. The second-order valence-electron chi connectivity index (χ2n) is 4.04. The van der Waals surface area contributed by atoms with E-state index < -0.39 is 9.84 Å². The number of hydrogen-bond acceptors (Lipinski definition) is 3. The third-order valence-electron chi connectivity index (χ3n) is 2.59. The lowest BCUT2D eigenvalue weighted by Crippen LogP contribution is -2.06. The number of nitrogen functional groups attached to an aromatic ring is 1. The smallest absolute Gasteiger partial charge is 0.184 e. The third kappa shape index (κ3) is 3.21. The predicted molar refractivity (Wildman–Crippen MR) is 78.2 cm³/mol. The van der Waals surface area contributed by atoms with Crippen LogP contribution in [0.2, 0.25) is 10.0 Å². The molecule has 0 radical (unpaired) electrons. The van der Waals surface area contributed by atoms with Crippen LogP contribution in [0, 0.1) is 0 Å². The van der Waals surface area contributed by atoms with Crippen LogP contribution in [-0.4, -0.2) is 8.42 Å². The molecule has 19 heavy (non-hydrogen) atoms. The van der Waals surface area contributed by atoms with Gasteiger partial charge in [-0.25, -0.2) is 8.42 Å². The first kappa shape index (κ1) is 14.2. The minimum atomic E-state index is -3.59. The van der Waals surface area contributed by atoms with Crippen molar-refractivity contribution in [3.63, 3.8) is 0 Å². The van der Waals surface area contributed by atoms with Crippen molar-refractivity contribution in [3.8, 4) is 0 Å². The second kappa shape index (κ2) is 5.41. The van der Waals surface area contributed by atoms with Crippen molar-refractivity contribution < 1.29 is 8.42 Å². The number of nitrogens with two attached hydrogens (primary N) is 1.